The van der Waals surface area contributed by atoms with Gasteiger partial charge in [0.15, 0.2) is 0 Å². The minimum absolute atomic E-state index is 0.734. The predicted octanol–water partition coefficient (Wildman–Crippen LogP) is 7.29. The van der Waals surface area contributed by atoms with Gasteiger partial charge in [-0.1, -0.05) is 72.3 Å². The standard InChI is InChI=1S/C27H22N4S/c1-18-8-10-20(11-9-18)24-16-26(29-19(2)28-24)30-23-14-12-21(13-15-23)25-17-32-27(31-25)22-6-4-3-5-7-22/h3-17H,1-2H3,(H,28,29,30). The number of anilines is 2. The van der Waals surface area contributed by atoms with E-state index in [1.807, 2.05) is 31.2 Å². The fourth-order valence-electron chi connectivity index (χ4n) is 3.50. The van der Waals surface area contributed by atoms with Gasteiger partial charge < -0.3 is 5.32 Å². The third-order valence-corrected chi connectivity index (χ3v) is 6.05. The number of thiazole rings is 1. The van der Waals surface area contributed by atoms with Crippen LogP contribution in [0.15, 0.2) is 90.3 Å². The van der Waals surface area contributed by atoms with Crippen LogP contribution in [0.1, 0.15) is 11.4 Å². The van der Waals surface area contributed by atoms with Gasteiger partial charge in [-0.15, -0.1) is 11.3 Å². The molecule has 4 nitrogen and oxygen atoms in total. The van der Waals surface area contributed by atoms with Crippen LogP contribution in [0.2, 0.25) is 0 Å². The Hall–Kier alpha value is -3.83. The molecule has 0 aliphatic carbocycles. The van der Waals surface area contributed by atoms with Gasteiger partial charge in [0.1, 0.15) is 16.6 Å². The Balaban J connectivity index is 1.35. The van der Waals surface area contributed by atoms with Crippen LogP contribution in [0, 0.1) is 13.8 Å². The zero-order valence-corrected chi connectivity index (χ0v) is 18.7. The number of rotatable bonds is 5. The van der Waals surface area contributed by atoms with E-state index in [1.165, 1.54) is 5.56 Å². The lowest BCUT2D eigenvalue weighted by molar-refractivity contribution is 1.06. The minimum atomic E-state index is 0.734. The van der Waals surface area contributed by atoms with Gasteiger partial charge in [-0.3, -0.25) is 0 Å². The van der Waals surface area contributed by atoms with E-state index in [-0.39, 0.29) is 0 Å². The molecule has 0 radical (unpaired) electrons. The molecular weight excluding hydrogens is 412 g/mol. The first-order chi connectivity index (χ1) is 15.6. The summed E-state index contributed by atoms with van der Waals surface area (Å²) < 4.78 is 0. The van der Waals surface area contributed by atoms with Crippen LogP contribution in [0.5, 0.6) is 0 Å². The van der Waals surface area contributed by atoms with Crippen molar-refractivity contribution in [2.24, 2.45) is 0 Å². The van der Waals surface area contributed by atoms with E-state index in [4.69, 9.17) is 4.98 Å². The van der Waals surface area contributed by atoms with E-state index >= 15 is 0 Å². The average Bonchev–Trinajstić information content (AvgIpc) is 3.31. The molecule has 5 aromatic rings. The van der Waals surface area contributed by atoms with Crippen molar-refractivity contribution in [2.75, 3.05) is 5.32 Å². The molecule has 0 bridgehead atoms. The van der Waals surface area contributed by atoms with E-state index in [1.54, 1.807) is 11.3 Å². The highest BCUT2D eigenvalue weighted by Gasteiger charge is 2.08. The van der Waals surface area contributed by atoms with Crippen molar-refractivity contribution in [3.05, 3.63) is 102 Å². The maximum Gasteiger partial charge on any atom is 0.134 e. The highest BCUT2D eigenvalue weighted by Crippen LogP contribution is 2.30. The van der Waals surface area contributed by atoms with E-state index in [9.17, 15) is 0 Å². The molecule has 0 aliphatic rings. The molecule has 0 amide bonds. The molecule has 0 saturated heterocycles. The average molecular weight is 435 g/mol. The fraction of sp³-hybridized carbons (Fsp3) is 0.0741. The summed E-state index contributed by atoms with van der Waals surface area (Å²) in [6.45, 7) is 4.00. The Morgan fingerprint density at radius 2 is 1.34 bits per heavy atom. The SMILES string of the molecule is Cc1ccc(-c2cc(Nc3ccc(-c4csc(-c5ccccc5)n4)cc3)nc(C)n2)cc1. The third-order valence-electron chi connectivity index (χ3n) is 5.16. The van der Waals surface area contributed by atoms with Crippen molar-refractivity contribution in [3.8, 4) is 33.1 Å². The van der Waals surface area contributed by atoms with Crippen LogP contribution >= 0.6 is 11.3 Å². The van der Waals surface area contributed by atoms with Crippen LogP contribution in [-0.2, 0) is 0 Å². The van der Waals surface area contributed by atoms with E-state index in [2.05, 4.69) is 88.3 Å². The molecule has 32 heavy (non-hydrogen) atoms. The molecule has 5 rings (SSSR count). The molecule has 2 aromatic heterocycles. The second-order valence-electron chi connectivity index (χ2n) is 7.66. The fourth-order valence-corrected chi connectivity index (χ4v) is 4.33. The van der Waals surface area contributed by atoms with E-state index < -0.39 is 0 Å². The van der Waals surface area contributed by atoms with Gasteiger partial charge in [0, 0.05) is 33.8 Å². The predicted molar refractivity (Wildman–Crippen MR) is 133 cm³/mol. The molecule has 1 N–H and O–H groups in total. The van der Waals surface area contributed by atoms with Crippen LogP contribution in [0.4, 0.5) is 11.5 Å². The van der Waals surface area contributed by atoms with Gasteiger partial charge in [-0.25, -0.2) is 15.0 Å². The Morgan fingerprint density at radius 3 is 2.09 bits per heavy atom. The van der Waals surface area contributed by atoms with Crippen molar-refractivity contribution in [1.82, 2.24) is 15.0 Å². The number of nitrogens with one attached hydrogen (secondary N) is 1. The number of aromatic nitrogens is 3. The molecule has 5 heteroatoms. The minimum Gasteiger partial charge on any atom is -0.340 e. The second-order valence-corrected chi connectivity index (χ2v) is 8.52. The van der Waals surface area contributed by atoms with Crippen molar-refractivity contribution in [3.63, 3.8) is 0 Å². The lowest BCUT2D eigenvalue weighted by Crippen LogP contribution is -1.99. The molecule has 0 atom stereocenters. The number of benzene rings is 3. The summed E-state index contributed by atoms with van der Waals surface area (Å²) in [5.74, 6) is 1.51. The zero-order chi connectivity index (χ0) is 21.9. The van der Waals surface area contributed by atoms with Gasteiger partial charge in [-0.05, 0) is 26.0 Å². The Kier molecular flexibility index (Phi) is 5.48. The quantitative estimate of drug-likeness (QED) is 0.315. The first-order valence-electron chi connectivity index (χ1n) is 10.5. The van der Waals surface area contributed by atoms with Crippen LogP contribution in [0.3, 0.4) is 0 Å². The first kappa shape index (κ1) is 20.1. The molecular formula is C27H22N4S. The number of nitrogens with zero attached hydrogens (tertiary/aromatic N) is 3. The molecule has 156 valence electrons. The maximum atomic E-state index is 4.80. The summed E-state index contributed by atoms with van der Waals surface area (Å²) in [5.41, 5.74) is 7.41. The lowest BCUT2D eigenvalue weighted by Gasteiger charge is -2.09. The van der Waals surface area contributed by atoms with Gasteiger partial charge >= 0.3 is 0 Å². The molecule has 0 spiro atoms. The summed E-state index contributed by atoms with van der Waals surface area (Å²) >= 11 is 1.66. The van der Waals surface area contributed by atoms with Crippen molar-refractivity contribution < 1.29 is 0 Å². The van der Waals surface area contributed by atoms with Crippen molar-refractivity contribution in [2.45, 2.75) is 13.8 Å². The Morgan fingerprint density at radius 1 is 0.656 bits per heavy atom. The van der Waals surface area contributed by atoms with Gasteiger partial charge in [0.25, 0.3) is 0 Å². The number of aryl methyl sites for hydroxylation is 2. The monoisotopic (exact) mass is 434 g/mol. The van der Waals surface area contributed by atoms with Crippen LogP contribution in [-0.4, -0.2) is 15.0 Å². The van der Waals surface area contributed by atoms with Crippen molar-refractivity contribution in [1.29, 1.82) is 0 Å². The highest BCUT2D eigenvalue weighted by atomic mass is 32.1. The van der Waals surface area contributed by atoms with Crippen LogP contribution < -0.4 is 5.32 Å². The summed E-state index contributed by atoms with van der Waals surface area (Å²) in [5, 5.41) is 6.54. The summed E-state index contributed by atoms with van der Waals surface area (Å²) in [4.78, 5) is 14.0. The van der Waals surface area contributed by atoms with Crippen LogP contribution in [0.25, 0.3) is 33.1 Å². The molecule has 0 aliphatic heterocycles. The lowest BCUT2D eigenvalue weighted by atomic mass is 10.1. The molecule has 0 saturated carbocycles. The van der Waals surface area contributed by atoms with Gasteiger partial charge in [0.2, 0.25) is 0 Å². The van der Waals surface area contributed by atoms with Gasteiger partial charge in [0.05, 0.1) is 11.4 Å². The number of hydrogen-bond donors (Lipinski definition) is 1. The molecule has 0 unspecified atom stereocenters. The largest absolute Gasteiger partial charge is 0.340 e. The van der Waals surface area contributed by atoms with Gasteiger partial charge in [-0.2, -0.15) is 0 Å². The van der Waals surface area contributed by atoms with E-state index in [0.29, 0.717) is 0 Å². The number of hydrogen-bond acceptors (Lipinski definition) is 5. The Bertz CT molecular complexity index is 1340. The van der Waals surface area contributed by atoms with E-state index in [0.717, 1.165) is 50.4 Å². The first-order valence-corrected chi connectivity index (χ1v) is 11.3. The molecule has 0 fully saturated rings. The third kappa shape index (κ3) is 4.43. The zero-order valence-electron chi connectivity index (χ0n) is 17.9. The topological polar surface area (TPSA) is 50.7 Å². The normalized spacial score (nSPS) is 10.8. The summed E-state index contributed by atoms with van der Waals surface area (Å²) in [6, 6.07) is 28.9. The highest BCUT2D eigenvalue weighted by molar-refractivity contribution is 7.13. The smallest absolute Gasteiger partial charge is 0.134 e. The second kappa shape index (κ2) is 8.73. The summed E-state index contributed by atoms with van der Waals surface area (Å²) in [6.07, 6.45) is 0. The summed E-state index contributed by atoms with van der Waals surface area (Å²) in [7, 11) is 0. The molecule has 3 aromatic carbocycles. The van der Waals surface area contributed by atoms with Crippen molar-refractivity contribution >= 4 is 22.8 Å². The molecule has 2 heterocycles. The maximum absolute atomic E-state index is 4.80. The Labute approximate surface area is 191 Å².